The second-order valence-electron chi connectivity index (χ2n) is 4.62. The molecule has 1 aromatic carbocycles. The summed E-state index contributed by atoms with van der Waals surface area (Å²) in [4.78, 5) is 0. The Balaban J connectivity index is 1.82. The van der Waals surface area contributed by atoms with Crippen LogP contribution in [0.1, 0.15) is 18.9 Å². The Labute approximate surface area is 112 Å². The highest BCUT2D eigenvalue weighted by Gasteiger charge is 2.16. The van der Waals surface area contributed by atoms with Gasteiger partial charge in [0.25, 0.3) is 0 Å². The van der Waals surface area contributed by atoms with E-state index in [2.05, 4.69) is 21.3 Å². The highest BCUT2D eigenvalue weighted by molar-refractivity contribution is 6.30. The van der Waals surface area contributed by atoms with E-state index in [0.29, 0.717) is 6.04 Å². The van der Waals surface area contributed by atoms with Crippen molar-refractivity contribution >= 4 is 11.6 Å². The second-order valence-corrected chi connectivity index (χ2v) is 5.05. The van der Waals surface area contributed by atoms with Crippen LogP contribution in [0, 0.1) is 0 Å². The van der Waals surface area contributed by atoms with Crippen molar-refractivity contribution in [1.82, 2.24) is 15.1 Å². The van der Waals surface area contributed by atoms with Gasteiger partial charge >= 0.3 is 0 Å². The van der Waals surface area contributed by atoms with Crippen molar-refractivity contribution in [3.05, 3.63) is 41.7 Å². The summed E-state index contributed by atoms with van der Waals surface area (Å²) in [5.74, 6) is 0. The topological polar surface area (TPSA) is 31.9 Å². The smallest absolute Gasteiger partial charge is 0.0568 e. The fourth-order valence-corrected chi connectivity index (χ4v) is 2.46. The van der Waals surface area contributed by atoms with Crippen LogP contribution in [-0.4, -0.2) is 22.9 Å². The van der Waals surface area contributed by atoms with Crippen LogP contribution < -0.4 is 5.32 Å². The molecule has 3 nitrogen and oxygen atoms in total. The molecule has 1 radical (unpaired) electrons. The minimum absolute atomic E-state index is 0.503. The number of nitrogens with zero attached hydrogens (tertiary/aromatic N) is 3. The predicted octanol–water partition coefficient (Wildman–Crippen LogP) is 3.14. The average Bonchev–Trinajstić information content (AvgIpc) is 2.90. The van der Waals surface area contributed by atoms with E-state index in [1.807, 2.05) is 30.5 Å². The zero-order chi connectivity index (χ0) is 12.4. The molecule has 0 atom stereocenters. The molecule has 93 valence electrons. The van der Waals surface area contributed by atoms with Crippen molar-refractivity contribution in [2.24, 2.45) is 0 Å². The van der Waals surface area contributed by atoms with E-state index < -0.39 is 0 Å². The van der Waals surface area contributed by atoms with Crippen molar-refractivity contribution in [3.8, 4) is 11.1 Å². The van der Waals surface area contributed by atoms with Gasteiger partial charge in [0.15, 0.2) is 0 Å². The third kappa shape index (κ3) is 2.42. The van der Waals surface area contributed by atoms with E-state index in [4.69, 9.17) is 11.6 Å². The summed E-state index contributed by atoms with van der Waals surface area (Å²) < 4.78 is 2.08. The van der Waals surface area contributed by atoms with Gasteiger partial charge in [-0.1, -0.05) is 23.7 Å². The van der Waals surface area contributed by atoms with Gasteiger partial charge < -0.3 is 0 Å². The van der Waals surface area contributed by atoms with Crippen LogP contribution >= 0.6 is 11.6 Å². The molecule has 1 aliphatic rings. The van der Waals surface area contributed by atoms with Crippen LogP contribution in [0.5, 0.6) is 0 Å². The third-order valence-corrected chi connectivity index (χ3v) is 3.65. The summed E-state index contributed by atoms with van der Waals surface area (Å²) in [6.07, 6.45) is 6.25. The molecular formula is C14H15ClN3. The number of piperidine rings is 1. The summed E-state index contributed by atoms with van der Waals surface area (Å²) in [7, 11) is 0. The number of rotatable bonds is 2. The summed E-state index contributed by atoms with van der Waals surface area (Å²) in [6, 6.07) is 8.38. The third-order valence-electron chi connectivity index (χ3n) is 3.39. The molecule has 1 aromatic heterocycles. The van der Waals surface area contributed by atoms with Crippen LogP contribution in [0.4, 0.5) is 0 Å². The maximum atomic E-state index is 5.89. The first-order valence-corrected chi connectivity index (χ1v) is 6.64. The lowest BCUT2D eigenvalue weighted by atomic mass is 10.1. The first-order chi connectivity index (χ1) is 8.83. The molecule has 4 heteroatoms. The SMILES string of the molecule is Clc1ccc(-c2cnn(C3CC[N]CC3)c2)cc1. The molecule has 0 bridgehead atoms. The quantitative estimate of drug-likeness (QED) is 0.816. The van der Waals surface area contributed by atoms with Gasteiger partial charge in [-0.25, -0.2) is 5.32 Å². The molecule has 0 unspecified atom stereocenters. The highest BCUT2D eigenvalue weighted by Crippen LogP contribution is 2.24. The molecule has 18 heavy (non-hydrogen) atoms. The Kier molecular flexibility index (Phi) is 3.35. The second kappa shape index (κ2) is 5.12. The molecule has 0 aliphatic carbocycles. The van der Waals surface area contributed by atoms with E-state index in [9.17, 15) is 0 Å². The number of aromatic nitrogens is 2. The fraction of sp³-hybridized carbons (Fsp3) is 0.357. The predicted molar refractivity (Wildman–Crippen MR) is 72.8 cm³/mol. The lowest BCUT2D eigenvalue weighted by Gasteiger charge is -2.21. The van der Waals surface area contributed by atoms with Crippen LogP contribution in [0.2, 0.25) is 5.02 Å². The molecule has 3 rings (SSSR count). The van der Waals surface area contributed by atoms with E-state index in [0.717, 1.165) is 42.1 Å². The van der Waals surface area contributed by atoms with E-state index >= 15 is 0 Å². The van der Waals surface area contributed by atoms with Gasteiger partial charge in [0.2, 0.25) is 0 Å². The summed E-state index contributed by atoms with van der Waals surface area (Å²) >= 11 is 5.89. The Bertz CT molecular complexity index is 512. The first kappa shape index (κ1) is 11.8. The van der Waals surface area contributed by atoms with Crippen LogP contribution in [0.3, 0.4) is 0 Å². The van der Waals surface area contributed by atoms with Gasteiger partial charge in [-0.2, -0.15) is 5.10 Å². The lowest BCUT2D eigenvalue weighted by Crippen LogP contribution is -2.24. The van der Waals surface area contributed by atoms with Crippen molar-refractivity contribution in [3.63, 3.8) is 0 Å². The van der Waals surface area contributed by atoms with Gasteiger partial charge in [-0.05, 0) is 30.5 Å². The van der Waals surface area contributed by atoms with Gasteiger partial charge in [0, 0.05) is 29.9 Å². The van der Waals surface area contributed by atoms with Crippen molar-refractivity contribution < 1.29 is 0 Å². The van der Waals surface area contributed by atoms with Gasteiger partial charge in [-0.15, -0.1) is 0 Å². The minimum atomic E-state index is 0.503. The molecule has 0 saturated carbocycles. The lowest BCUT2D eigenvalue weighted by molar-refractivity contribution is 0.339. The Hall–Kier alpha value is -1.32. The number of hydrogen-bond acceptors (Lipinski definition) is 1. The zero-order valence-electron chi connectivity index (χ0n) is 10.1. The van der Waals surface area contributed by atoms with Crippen molar-refractivity contribution in [2.75, 3.05) is 13.1 Å². The Morgan fingerprint density at radius 2 is 1.78 bits per heavy atom. The van der Waals surface area contributed by atoms with E-state index in [1.54, 1.807) is 0 Å². The largest absolute Gasteiger partial charge is 0.269 e. The Morgan fingerprint density at radius 3 is 2.50 bits per heavy atom. The number of benzene rings is 1. The van der Waals surface area contributed by atoms with Gasteiger partial charge in [-0.3, -0.25) is 4.68 Å². The van der Waals surface area contributed by atoms with Crippen LogP contribution in [0.15, 0.2) is 36.7 Å². The molecule has 0 amide bonds. The molecule has 0 spiro atoms. The monoisotopic (exact) mass is 260 g/mol. The van der Waals surface area contributed by atoms with Crippen molar-refractivity contribution in [1.29, 1.82) is 0 Å². The summed E-state index contributed by atoms with van der Waals surface area (Å²) in [5, 5.41) is 9.62. The molecule has 2 aromatic rings. The molecular weight excluding hydrogens is 246 g/mol. The number of halogens is 1. The zero-order valence-corrected chi connectivity index (χ0v) is 10.8. The molecule has 1 fully saturated rings. The van der Waals surface area contributed by atoms with Gasteiger partial charge in [0.1, 0.15) is 0 Å². The highest BCUT2D eigenvalue weighted by atomic mass is 35.5. The number of hydrogen-bond donors (Lipinski definition) is 0. The maximum absolute atomic E-state index is 5.89. The standard InChI is InChI=1S/C14H15ClN3/c15-13-3-1-11(2-4-13)12-9-17-18(10-12)14-5-7-16-8-6-14/h1-4,9-10,14H,5-8H2. The molecule has 2 heterocycles. The summed E-state index contributed by atoms with van der Waals surface area (Å²) in [6.45, 7) is 1.92. The Morgan fingerprint density at radius 1 is 1.06 bits per heavy atom. The minimum Gasteiger partial charge on any atom is -0.269 e. The van der Waals surface area contributed by atoms with Crippen LogP contribution in [0.25, 0.3) is 11.1 Å². The van der Waals surface area contributed by atoms with Crippen molar-refractivity contribution in [2.45, 2.75) is 18.9 Å². The fourth-order valence-electron chi connectivity index (χ4n) is 2.33. The van der Waals surface area contributed by atoms with E-state index in [-0.39, 0.29) is 0 Å². The normalized spacial score (nSPS) is 16.9. The summed E-state index contributed by atoms with van der Waals surface area (Å²) in [5.41, 5.74) is 2.31. The first-order valence-electron chi connectivity index (χ1n) is 6.26. The molecule has 0 N–H and O–H groups in total. The average molecular weight is 261 g/mol. The molecule has 1 saturated heterocycles. The molecule has 1 aliphatic heterocycles. The van der Waals surface area contributed by atoms with Gasteiger partial charge in [0.05, 0.1) is 12.2 Å². The van der Waals surface area contributed by atoms with E-state index in [1.165, 1.54) is 0 Å². The van der Waals surface area contributed by atoms with Crippen LogP contribution in [-0.2, 0) is 0 Å². The maximum Gasteiger partial charge on any atom is 0.0568 e.